The third-order valence-corrected chi connectivity index (χ3v) is 6.71. The summed E-state index contributed by atoms with van der Waals surface area (Å²) in [7, 11) is -3.67. The molecule has 1 rings (SSSR count). The van der Waals surface area contributed by atoms with E-state index in [1.165, 1.54) is 19.4 Å². The zero-order chi connectivity index (χ0) is 16.2. The molecular weight excluding hydrogens is 338 g/mol. The minimum Gasteiger partial charge on any atom is -0.356 e. The van der Waals surface area contributed by atoms with Crippen LogP contribution in [0.3, 0.4) is 0 Å². The molecule has 0 aliphatic carbocycles. The number of thiophene rings is 1. The van der Waals surface area contributed by atoms with Gasteiger partial charge >= 0.3 is 0 Å². The third-order valence-electron chi connectivity index (χ3n) is 2.63. The van der Waals surface area contributed by atoms with Crippen molar-refractivity contribution in [2.45, 2.75) is 34.7 Å². The van der Waals surface area contributed by atoms with E-state index in [0.29, 0.717) is 9.77 Å². The lowest BCUT2D eigenvalue weighted by Gasteiger charge is -2.16. The van der Waals surface area contributed by atoms with Crippen molar-refractivity contribution in [3.05, 3.63) is 11.6 Å². The highest BCUT2D eigenvalue weighted by molar-refractivity contribution is 7.92. The van der Waals surface area contributed by atoms with Crippen LogP contribution in [0.15, 0.2) is 14.5 Å². The summed E-state index contributed by atoms with van der Waals surface area (Å²) in [5.41, 5.74) is 0.526. The van der Waals surface area contributed by atoms with Crippen LogP contribution in [-0.2, 0) is 35.0 Å². The van der Waals surface area contributed by atoms with Gasteiger partial charge in [0.05, 0.1) is 21.1 Å². The zero-order valence-corrected chi connectivity index (χ0v) is 14.6. The Morgan fingerprint density at radius 2 is 2.00 bits per heavy atom. The smallest absolute Gasteiger partial charge is 0.247 e. The van der Waals surface area contributed by atoms with E-state index in [0.717, 1.165) is 11.3 Å². The Balaban J connectivity index is 2.90. The average Bonchev–Trinajstić information content (AvgIpc) is 2.83. The van der Waals surface area contributed by atoms with Crippen LogP contribution in [0.4, 0.5) is 0 Å². The summed E-state index contributed by atoms with van der Waals surface area (Å²) in [5, 5.41) is 5.10. The molecule has 1 aromatic heterocycles. The second-order valence-corrected chi connectivity index (χ2v) is 8.62. The first-order valence-electron chi connectivity index (χ1n) is 5.92. The highest BCUT2D eigenvalue weighted by Crippen LogP contribution is 2.33. The highest BCUT2D eigenvalue weighted by atomic mass is 32.3. The first kappa shape index (κ1) is 18.7. The molecule has 10 heteroatoms. The number of methoxy groups -OCH3 is 1. The number of hydrogen-bond acceptors (Lipinski definition) is 7. The molecule has 3 unspecified atom stereocenters. The molecule has 0 fully saturated rings. The van der Waals surface area contributed by atoms with Gasteiger partial charge in [0.2, 0.25) is 10.0 Å². The molecule has 7 nitrogen and oxygen atoms in total. The van der Waals surface area contributed by atoms with Gasteiger partial charge in [0, 0.05) is 18.9 Å². The van der Waals surface area contributed by atoms with Crippen LogP contribution >= 0.6 is 11.3 Å². The normalized spacial score (nSPS) is 16.6. The quantitative estimate of drug-likeness (QED) is 0.700. The monoisotopic (exact) mass is 357 g/mol. The molecule has 0 amide bonds. The third kappa shape index (κ3) is 5.40. The van der Waals surface area contributed by atoms with E-state index in [4.69, 9.17) is 19.3 Å². The number of rotatable bonds is 8. The van der Waals surface area contributed by atoms with Crippen molar-refractivity contribution >= 4 is 32.2 Å². The SMILES string of the molecule is COC(C)OCOC(C)c1cc(S(N)(=O)=O)sc1S(C)=O. The lowest BCUT2D eigenvalue weighted by atomic mass is 10.2. The van der Waals surface area contributed by atoms with E-state index in [1.807, 2.05) is 0 Å². The first-order valence-corrected chi connectivity index (χ1v) is 9.84. The van der Waals surface area contributed by atoms with Crippen molar-refractivity contribution in [1.82, 2.24) is 0 Å². The summed E-state index contributed by atoms with van der Waals surface area (Å²) in [4.78, 5) is 0. The largest absolute Gasteiger partial charge is 0.356 e. The predicted molar refractivity (Wildman–Crippen MR) is 79.9 cm³/mol. The van der Waals surface area contributed by atoms with Crippen molar-refractivity contribution in [2.75, 3.05) is 20.2 Å². The summed E-state index contributed by atoms with van der Waals surface area (Å²) >= 11 is 0.889. The Hall–Kier alpha value is -0.360. The van der Waals surface area contributed by atoms with Crippen molar-refractivity contribution in [3.63, 3.8) is 0 Å². The van der Waals surface area contributed by atoms with Gasteiger partial charge in [-0.05, 0) is 19.9 Å². The molecule has 0 aliphatic heterocycles. The maximum atomic E-state index is 11.7. The molecule has 122 valence electrons. The molecule has 21 heavy (non-hydrogen) atoms. The summed E-state index contributed by atoms with van der Waals surface area (Å²) in [6, 6.07) is 1.39. The molecule has 1 heterocycles. The van der Waals surface area contributed by atoms with E-state index >= 15 is 0 Å². The van der Waals surface area contributed by atoms with Crippen LogP contribution in [0.1, 0.15) is 25.5 Å². The van der Waals surface area contributed by atoms with Gasteiger partial charge in [-0.2, -0.15) is 0 Å². The second kappa shape index (κ2) is 7.77. The van der Waals surface area contributed by atoms with Crippen molar-refractivity contribution in [1.29, 1.82) is 0 Å². The second-order valence-electron chi connectivity index (χ2n) is 4.20. The molecule has 0 aliphatic rings. The highest BCUT2D eigenvalue weighted by Gasteiger charge is 2.22. The van der Waals surface area contributed by atoms with Gasteiger partial charge in [-0.15, -0.1) is 11.3 Å². The minimum atomic E-state index is -3.83. The summed E-state index contributed by atoms with van der Waals surface area (Å²) in [5.74, 6) is 0. The molecule has 0 spiro atoms. The Morgan fingerprint density at radius 3 is 2.48 bits per heavy atom. The van der Waals surface area contributed by atoms with Crippen LogP contribution in [0, 0.1) is 0 Å². The molecule has 1 aromatic rings. The van der Waals surface area contributed by atoms with E-state index in [-0.39, 0.29) is 11.0 Å². The molecule has 2 N–H and O–H groups in total. The van der Waals surface area contributed by atoms with Gasteiger partial charge in [0.15, 0.2) is 13.1 Å². The van der Waals surface area contributed by atoms with Crippen molar-refractivity contribution in [3.8, 4) is 0 Å². The molecule has 0 bridgehead atoms. The molecule has 3 atom stereocenters. The molecule has 0 saturated heterocycles. The van der Waals surface area contributed by atoms with Crippen LogP contribution in [0.2, 0.25) is 0 Å². The summed E-state index contributed by atoms with van der Waals surface area (Å²) in [6.45, 7) is 3.39. The maximum Gasteiger partial charge on any atom is 0.247 e. The first-order chi connectivity index (χ1) is 9.66. The fourth-order valence-corrected chi connectivity index (χ4v) is 4.58. The number of ether oxygens (including phenoxy) is 3. The van der Waals surface area contributed by atoms with Crippen LogP contribution in [-0.4, -0.2) is 39.1 Å². The Bertz CT molecular complexity index is 597. The van der Waals surface area contributed by atoms with Crippen LogP contribution in [0.5, 0.6) is 0 Å². The average molecular weight is 357 g/mol. The fraction of sp³-hybridized carbons (Fsp3) is 0.636. The predicted octanol–water partition coefficient (Wildman–Crippen LogP) is 1.18. The van der Waals surface area contributed by atoms with E-state index < -0.39 is 33.2 Å². The summed E-state index contributed by atoms with van der Waals surface area (Å²) in [6.07, 6.45) is 0.567. The lowest BCUT2D eigenvalue weighted by Crippen LogP contribution is -2.14. The maximum absolute atomic E-state index is 11.7. The fourth-order valence-electron chi connectivity index (χ4n) is 1.41. The molecule has 0 radical (unpaired) electrons. The standard InChI is InChI=1S/C11H19NO6S3/c1-7(17-6-18-8(2)16-3)9-5-10(21(12,14)15)19-11(9)20(4)13/h5,7-8H,6H2,1-4H3,(H2,12,14,15). The van der Waals surface area contributed by atoms with Crippen LogP contribution in [0.25, 0.3) is 0 Å². The number of primary sulfonamides is 1. The summed E-state index contributed by atoms with van der Waals surface area (Å²) < 4.78 is 50.4. The Morgan fingerprint density at radius 1 is 1.38 bits per heavy atom. The Labute approximate surface area is 130 Å². The topological polar surface area (TPSA) is 105 Å². The van der Waals surface area contributed by atoms with Crippen molar-refractivity contribution in [2.24, 2.45) is 5.14 Å². The van der Waals surface area contributed by atoms with E-state index in [2.05, 4.69) is 0 Å². The molecule has 0 aromatic carbocycles. The molecular formula is C11H19NO6S3. The number of nitrogens with two attached hydrogens (primary N) is 1. The van der Waals surface area contributed by atoms with Gasteiger partial charge in [-0.25, -0.2) is 13.6 Å². The van der Waals surface area contributed by atoms with Crippen molar-refractivity contribution < 1.29 is 26.8 Å². The number of sulfonamides is 1. The van der Waals surface area contributed by atoms with E-state index in [9.17, 15) is 12.6 Å². The number of hydrogen-bond donors (Lipinski definition) is 1. The molecule has 0 saturated carbocycles. The Kier molecular flexibility index (Phi) is 6.91. The van der Waals surface area contributed by atoms with Gasteiger partial charge in [-0.1, -0.05) is 0 Å². The van der Waals surface area contributed by atoms with Gasteiger partial charge in [0.25, 0.3) is 0 Å². The lowest BCUT2D eigenvalue weighted by molar-refractivity contribution is -0.187. The minimum absolute atomic E-state index is 0.0352. The van der Waals surface area contributed by atoms with E-state index in [1.54, 1.807) is 13.8 Å². The van der Waals surface area contributed by atoms with Gasteiger partial charge < -0.3 is 14.2 Å². The van der Waals surface area contributed by atoms with Gasteiger partial charge in [0.1, 0.15) is 4.21 Å². The van der Waals surface area contributed by atoms with Crippen LogP contribution < -0.4 is 5.14 Å². The zero-order valence-electron chi connectivity index (χ0n) is 12.2. The van der Waals surface area contributed by atoms with Gasteiger partial charge in [-0.3, -0.25) is 4.21 Å².